The smallest absolute Gasteiger partial charge is 0.253 e. The second kappa shape index (κ2) is 13.0. The average Bonchev–Trinajstić information content (AvgIpc) is 3.77. The summed E-state index contributed by atoms with van der Waals surface area (Å²) in [4.78, 5) is 54.7. The second-order valence-corrected chi connectivity index (χ2v) is 11.3. The molecule has 8 heteroatoms. The van der Waals surface area contributed by atoms with Gasteiger partial charge in [-0.1, -0.05) is 60.7 Å². The summed E-state index contributed by atoms with van der Waals surface area (Å²) in [5.74, 6) is -0.761. The van der Waals surface area contributed by atoms with Gasteiger partial charge in [-0.2, -0.15) is 0 Å². The lowest BCUT2D eigenvalue weighted by molar-refractivity contribution is -0.120. The Bertz CT molecular complexity index is 1510. The first-order valence-electron chi connectivity index (χ1n) is 15.0. The van der Waals surface area contributed by atoms with Crippen molar-refractivity contribution in [3.05, 3.63) is 120 Å². The van der Waals surface area contributed by atoms with Crippen LogP contribution in [0.15, 0.2) is 109 Å². The highest BCUT2D eigenvalue weighted by Gasteiger charge is 2.32. The number of anilines is 2. The molecule has 8 nitrogen and oxygen atoms in total. The molecular formula is C36H34N4O4. The number of carbonyl (C=O) groups is 4. The maximum absolute atomic E-state index is 12.9. The molecule has 0 radical (unpaired) electrons. The third kappa shape index (κ3) is 6.54. The van der Waals surface area contributed by atoms with E-state index in [1.54, 1.807) is 34.1 Å². The molecule has 0 spiro atoms. The van der Waals surface area contributed by atoms with Crippen molar-refractivity contribution in [1.29, 1.82) is 0 Å². The van der Waals surface area contributed by atoms with Gasteiger partial charge in [0, 0.05) is 48.7 Å². The van der Waals surface area contributed by atoms with Crippen molar-refractivity contribution in [3.63, 3.8) is 0 Å². The molecule has 222 valence electrons. The van der Waals surface area contributed by atoms with Gasteiger partial charge in [-0.25, -0.2) is 0 Å². The zero-order valence-corrected chi connectivity index (χ0v) is 24.3. The van der Waals surface area contributed by atoms with Crippen LogP contribution >= 0.6 is 0 Å². The molecule has 4 amide bonds. The molecule has 2 atom stereocenters. The third-order valence-corrected chi connectivity index (χ3v) is 8.37. The summed E-state index contributed by atoms with van der Waals surface area (Å²) in [5, 5.41) is 5.98. The van der Waals surface area contributed by atoms with Crippen LogP contribution in [0.1, 0.15) is 33.6 Å². The number of nitrogens with one attached hydrogen (secondary N) is 2. The van der Waals surface area contributed by atoms with E-state index in [0.29, 0.717) is 61.5 Å². The minimum atomic E-state index is -0.248. The first-order valence-corrected chi connectivity index (χ1v) is 15.0. The Balaban J connectivity index is 0.988. The standard InChI is InChI=1S/C36H34N4O4/c41-33(29-19-21-39(23-29)35(43)27-7-3-1-4-8-27)37-31-15-11-25(12-16-31)26-13-17-32(18-14-26)38-34(42)30-20-22-40(24-30)36(44)28-9-5-2-6-10-28/h1-18,29-30H,19-24H2,(H,37,41)(H,38,42)/t29-,30+. The molecule has 4 aromatic rings. The summed E-state index contributed by atoms with van der Waals surface area (Å²) in [6, 6.07) is 33.5. The Hall–Kier alpha value is -5.24. The van der Waals surface area contributed by atoms with Crippen LogP contribution in [0.25, 0.3) is 11.1 Å². The first-order chi connectivity index (χ1) is 21.4. The van der Waals surface area contributed by atoms with E-state index in [4.69, 9.17) is 0 Å². The molecule has 2 aliphatic heterocycles. The molecular weight excluding hydrogens is 552 g/mol. The number of carbonyl (C=O) groups excluding carboxylic acids is 4. The summed E-state index contributed by atoms with van der Waals surface area (Å²) in [6.45, 7) is 1.94. The van der Waals surface area contributed by atoms with Gasteiger partial charge in [0.25, 0.3) is 11.8 Å². The largest absolute Gasteiger partial charge is 0.338 e. The fourth-order valence-corrected chi connectivity index (χ4v) is 5.82. The van der Waals surface area contributed by atoms with Gasteiger partial charge in [-0.3, -0.25) is 19.2 Å². The Kier molecular flexibility index (Phi) is 8.50. The van der Waals surface area contributed by atoms with Crippen LogP contribution in [-0.2, 0) is 9.59 Å². The van der Waals surface area contributed by atoms with Gasteiger partial charge in [0.2, 0.25) is 11.8 Å². The number of amides is 4. The van der Waals surface area contributed by atoms with Gasteiger partial charge in [0.1, 0.15) is 0 Å². The molecule has 0 bridgehead atoms. The normalized spacial score (nSPS) is 17.7. The van der Waals surface area contributed by atoms with Crippen molar-refractivity contribution >= 4 is 35.0 Å². The maximum atomic E-state index is 12.9. The van der Waals surface area contributed by atoms with Gasteiger partial charge >= 0.3 is 0 Å². The molecule has 2 fully saturated rings. The van der Waals surface area contributed by atoms with Crippen molar-refractivity contribution in [2.45, 2.75) is 12.8 Å². The van der Waals surface area contributed by atoms with Gasteiger partial charge in [-0.05, 0) is 72.5 Å². The SMILES string of the molecule is O=C(Nc1ccc(-c2ccc(NC(=O)[C@H]3CCN(C(=O)c4ccccc4)C3)cc2)cc1)[C@@H]1CCN(C(=O)c2ccccc2)C1. The fraction of sp³-hybridized carbons (Fsp3) is 0.222. The van der Waals surface area contributed by atoms with Crippen LogP contribution in [0.2, 0.25) is 0 Å². The monoisotopic (exact) mass is 586 g/mol. The summed E-state index contributed by atoms with van der Waals surface area (Å²) in [6.07, 6.45) is 1.27. The van der Waals surface area contributed by atoms with Gasteiger partial charge in [0.05, 0.1) is 11.8 Å². The molecule has 0 aliphatic carbocycles. The summed E-state index contributed by atoms with van der Waals surface area (Å²) in [7, 11) is 0. The van der Waals surface area contributed by atoms with Crippen molar-refractivity contribution < 1.29 is 19.2 Å². The number of rotatable bonds is 7. The van der Waals surface area contributed by atoms with Crippen molar-refractivity contribution in [2.75, 3.05) is 36.8 Å². The van der Waals surface area contributed by atoms with Crippen molar-refractivity contribution in [1.82, 2.24) is 9.80 Å². The molecule has 2 heterocycles. The molecule has 44 heavy (non-hydrogen) atoms. The number of nitrogens with zero attached hydrogens (tertiary/aromatic N) is 2. The minimum Gasteiger partial charge on any atom is -0.338 e. The van der Waals surface area contributed by atoms with E-state index in [0.717, 1.165) is 11.1 Å². The summed E-state index contributed by atoms with van der Waals surface area (Å²) in [5.41, 5.74) is 4.63. The highest BCUT2D eigenvalue weighted by Crippen LogP contribution is 2.26. The van der Waals surface area contributed by atoms with Crippen LogP contribution in [0.4, 0.5) is 11.4 Å². The zero-order valence-electron chi connectivity index (χ0n) is 24.3. The number of hydrogen-bond acceptors (Lipinski definition) is 4. The summed E-state index contributed by atoms with van der Waals surface area (Å²) >= 11 is 0. The Morgan fingerprint density at radius 2 is 0.864 bits per heavy atom. The van der Waals surface area contributed by atoms with Gasteiger partial charge in [0.15, 0.2) is 0 Å². The number of likely N-dealkylation sites (tertiary alicyclic amines) is 2. The Morgan fingerprint density at radius 3 is 1.23 bits per heavy atom. The van der Waals surface area contributed by atoms with E-state index in [2.05, 4.69) is 10.6 Å². The molecule has 2 aliphatic rings. The molecule has 6 rings (SSSR count). The maximum Gasteiger partial charge on any atom is 0.253 e. The predicted molar refractivity (Wildman–Crippen MR) is 170 cm³/mol. The average molecular weight is 587 g/mol. The van der Waals surface area contributed by atoms with E-state index < -0.39 is 0 Å². The van der Waals surface area contributed by atoms with Gasteiger partial charge < -0.3 is 20.4 Å². The molecule has 2 N–H and O–H groups in total. The van der Waals surface area contributed by atoms with E-state index in [1.807, 2.05) is 84.9 Å². The van der Waals surface area contributed by atoms with Crippen LogP contribution in [0, 0.1) is 11.8 Å². The van der Waals surface area contributed by atoms with E-state index >= 15 is 0 Å². The van der Waals surface area contributed by atoms with Crippen LogP contribution < -0.4 is 10.6 Å². The quantitative estimate of drug-likeness (QED) is 0.297. The molecule has 2 saturated heterocycles. The molecule has 0 saturated carbocycles. The van der Waals surface area contributed by atoms with Crippen molar-refractivity contribution in [3.8, 4) is 11.1 Å². The molecule has 4 aromatic carbocycles. The lowest BCUT2D eigenvalue weighted by Gasteiger charge is -2.17. The lowest BCUT2D eigenvalue weighted by atomic mass is 10.0. The fourth-order valence-electron chi connectivity index (χ4n) is 5.82. The Morgan fingerprint density at radius 1 is 0.500 bits per heavy atom. The minimum absolute atomic E-state index is 0.0451. The second-order valence-electron chi connectivity index (χ2n) is 11.3. The molecule has 0 unspecified atom stereocenters. The number of hydrogen-bond donors (Lipinski definition) is 2. The zero-order chi connectivity index (χ0) is 30.5. The van der Waals surface area contributed by atoms with Crippen LogP contribution in [0.3, 0.4) is 0 Å². The lowest BCUT2D eigenvalue weighted by Crippen LogP contribution is -2.31. The third-order valence-electron chi connectivity index (χ3n) is 8.37. The van der Waals surface area contributed by atoms with Crippen LogP contribution in [0.5, 0.6) is 0 Å². The summed E-state index contributed by atoms with van der Waals surface area (Å²) < 4.78 is 0. The van der Waals surface area contributed by atoms with Crippen molar-refractivity contribution in [2.24, 2.45) is 11.8 Å². The number of benzene rings is 4. The van der Waals surface area contributed by atoms with E-state index in [9.17, 15) is 19.2 Å². The Labute approximate surface area is 256 Å². The highest BCUT2D eigenvalue weighted by atomic mass is 16.2. The highest BCUT2D eigenvalue weighted by molar-refractivity contribution is 5.98. The topological polar surface area (TPSA) is 98.8 Å². The van der Waals surface area contributed by atoms with E-state index in [1.165, 1.54) is 0 Å². The van der Waals surface area contributed by atoms with Crippen LogP contribution in [-0.4, -0.2) is 59.6 Å². The molecule has 0 aromatic heterocycles. The van der Waals surface area contributed by atoms with Gasteiger partial charge in [-0.15, -0.1) is 0 Å². The predicted octanol–water partition coefficient (Wildman–Crippen LogP) is 5.56. The van der Waals surface area contributed by atoms with E-state index in [-0.39, 0.29) is 35.5 Å². The first kappa shape index (κ1) is 28.9.